The third-order valence-corrected chi connectivity index (χ3v) is 4.33. The number of hydrogen-bond acceptors (Lipinski definition) is 5. The average molecular weight is 318 g/mol. The summed E-state index contributed by atoms with van der Waals surface area (Å²) in [5.41, 5.74) is 0.142. The van der Waals surface area contributed by atoms with E-state index in [-0.39, 0.29) is 12.5 Å². The molecular formula is C15H18N4O4. The van der Waals surface area contributed by atoms with E-state index >= 15 is 0 Å². The molecule has 2 aromatic heterocycles. The number of fused-ring (bicyclic) bond motifs is 1. The van der Waals surface area contributed by atoms with E-state index in [4.69, 9.17) is 4.74 Å². The van der Waals surface area contributed by atoms with Crippen LogP contribution in [0.2, 0.25) is 0 Å². The Morgan fingerprint density at radius 2 is 2.09 bits per heavy atom. The lowest BCUT2D eigenvalue weighted by Gasteiger charge is -2.33. The van der Waals surface area contributed by atoms with E-state index in [0.29, 0.717) is 43.1 Å². The number of aryl methyl sites for hydroxylation is 1. The minimum atomic E-state index is -0.954. The third-order valence-electron chi connectivity index (χ3n) is 4.33. The van der Waals surface area contributed by atoms with Gasteiger partial charge < -0.3 is 15.2 Å². The highest BCUT2D eigenvalue weighted by atomic mass is 16.5. The van der Waals surface area contributed by atoms with Gasteiger partial charge in [0.05, 0.1) is 11.0 Å². The van der Waals surface area contributed by atoms with Crippen molar-refractivity contribution in [2.75, 3.05) is 19.8 Å². The second kappa shape index (κ2) is 5.96. The molecule has 0 aromatic carbocycles. The van der Waals surface area contributed by atoms with Gasteiger partial charge in [0.15, 0.2) is 5.65 Å². The Morgan fingerprint density at radius 1 is 1.35 bits per heavy atom. The van der Waals surface area contributed by atoms with Gasteiger partial charge in [-0.25, -0.2) is 0 Å². The third kappa shape index (κ3) is 2.89. The number of carboxylic acids is 1. The number of rotatable bonds is 4. The Balaban J connectivity index is 1.74. The number of carboxylic acid groups (broad SMARTS) is 1. The van der Waals surface area contributed by atoms with E-state index < -0.39 is 11.4 Å². The lowest BCUT2D eigenvalue weighted by molar-refractivity contribution is -0.154. The van der Waals surface area contributed by atoms with Crippen LogP contribution in [0.4, 0.5) is 0 Å². The molecule has 1 saturated heterocycles. The standard InChI is InChI=1S/C15H18N4O4/c1-10-17-18-12-3-2-11(8-19(10)12)13(20)16-9-15(14(21)22)4-6-23-7-5-15/h2-3,8H,4-7,9H2,1H3,(H,16,20)(H,21,22). The van der Waals surface area contributed by atoms with Crippen molar-refractivity contribution < 1.29 is 19.4 Å². The van der Waals surface area contributed by atoms with Crippen molar-refractivity contribution in [3.8, 4) is 0 Å². The fourth-order valence-corrected chi connectivity index (χ4v) is 2.72. The summed E-state index contributed by atoms with van der Waals surface area (Å²) in [4.78, 5) is 23.9. The van der Waals surface area contributed by atoms with Gasteiger partial charge in [-0.15, -0.1) is 10.2 Å². The molecule has 122 valence electrons. The van der Waals surface area contributed by atoms with Crippen LogP contribution in [-0.2, 0) is 9.53 Å². The molecular weight excluding hydrogens is 300 g/mol. The first-order valence-corrected chi connectivity index (χ1v) is 7.43. The maximum absolute atomic E-state index is 12.3. The second-order valence-corrected chi connectivity index (χ2v) is 5.77. The summed E-state index contributed by atoms with van der Waals surface area (Å²) in [6, 6.07) is 3.35. The van der Waals surface area contributed by atoms with E-state index in [9.17, 15) is 14.7 Å². The zero-order valence-electron chi connectivity index (χ0n) is 12.8. The summed E-state index contributed by atoms with van der Waals surface area (Å²) >= 11 is 0. The van der Waals surface area contributed by atoms with Gasteiger partial charge in [0, 0.05) is 26.0 Å². The number of ether oxygens (including phenoxy) is 1. The van der Waals surface area contributed by atoms with Crippen molar-refractivity contribution in [2.24, 2.45) is 5.41 Å². The molecule has 1 amide bonds. The Morgan fingerprint density at radius 3 is 2.78 bits per heavy atom. The molecule has 1 aliphatic heterocycles. The Hall–Kier alpha value is -2.48. The summed E-state index contributed by atoms with van der Waals surface area (Å²) in [7, 11) is 0. The van der Waals surface area contributed by atoms with Crippen molar-refractivity contribution >= 4 is 17.5 Å². The van der Waals surface area contributed by atoms with Crippen LogP contribution in [0.25, 0.3) is 5.65 Å². The molecule has 0 bridgehead atoms. The van der Waals surface area contributed by atoms with E-state index in [1.807, 2.05) is 0 Å². The summed E-state index contributed by atoms with van der Waals surface area (Å²) in [5.74, 6) is -0.528. The van der Waals surface area contributed by atoms with E-state index in [2.05, 4.69) is 15.5 Å². The molecule has 0 radical (unpaired) electrons. The number of carbonyl (C=O) groups excluding carboxylic acids is 1. The molecule has 3 heterocycles. The fraction of sp³-hybridized carbons (Fsp3) is 0.467. The van der Waals surface area contributed by atoms with Crippen LogP contribution in [0, 0.1) is 12.3 Å². The van der Waals surface area contributed by atoms with E-state index in [1.165, 1.54) is 0 Å². The zero-order valence-corrected chi connectivity index (χ0v) is 12.8. The molecule has 0 aliphatic carbocycles. The number of hydrogen-bond donors (Lipinski definition) is 2. The summed E-state index contributed by atoms with van der Waals surface area (Å²) in [5, 5.41) is 20.1. The summed E-state index contributed by atoms with van der Waals surface area (Å²) in [6.45, 7) is 2.68. The highest BCUT2D eigenvalue weighted by Gasteiger charge is 2.40. The Bertz CT molecular complexity index is 749. The van der Waals surface area contributed by atoms with Gasteiger partial charge in [0.25, 0.3) is 5.91 Å². The minimum absolute atomic E-state index is 0.0870. The predicted octanol–water partition coefficient (Wildman–Crippen LogP) is 0.649. The first-order chi connectivity index (χ1) is 11.0. The van der Waals surface area contributed by atoms with Gasteiger partial charge in [0.1, 0.15) is 5.82 Å². The van der Waals surface area contributed by atoms with Gasteiger partial charge in [0.2, 0.25) is 0 Å². The SMILES string of the molecule is Cc1nnc2ccc(C(=O)NCC3(C(=O)O)CCOCC3)cn12. The minimum Gasteiger partial charge on any atom is -0.481 e. The number of aromatic nitrogens is 3. The van der Waals surface area contributed by atoms with Crippen molar-refractivity contribution in [1.82, 2.24) is 19.9 Å². The van der Waals surface area contributed by atoms with Crippen LogP contribution in [0.1, 0.15) is 29.0 Å². The number of nitrogens with zero attached hydrogens (tertiary/aromatic N) is 3. The molecule has 0 atom stereocenters. The maximum atomic E-state index is 12.3. The molecule has 3 rings (SSSR count). The number of carbonyl (C=O) groups is 2. The molecule has 1 fully saturated rings. The topological polar surface area (TPSA) is 106 Å². The van der Waals surface area contributed by atoms with Crippen molar-refractivity contribution in [2.45, 2.75) is 19.8 Å². The first-order valence-electron chi connectivity index (χ1n) is 7.43. The molecule has 8 nitrogen and oxygen atoms in total. The largest absolute Gasteiger partial charge is 0.481 e. The van der Waals surface area contributed by atoms with Crippen LogP contribution in [-0.4, -0.2) is 51.3 Å². The molecule has 2 N–H and O–H groups in total. The number of aliphatic carboxylic acids is 1. The van der Waals surface area contributed by atoms with E-state index in [0.717, 1.165) is 0 Å². The van der Waals surface area contributed by atoms with Crippen LogP contribution in [0.3, 0.4) is 0 Å². The van der Waals surface area contributed by atoms with Gasteiger partial charge in [-0.3, -0.25) is 14.0 Å². The number of pyridine rings is 1. The zero-order chi connectivity index (χ0) is 16.4. The predicted molar refractivity (Wildman–Crippen MR) is 80.2 cm³/mol. The van der Waals surface area contributed by atoms with Gasteiger partial charge in [-0.2, -0.15) is 0 Å². The number of nitrogens with one attached hydrogen (secondary N) is 1. The van der Waals surface area contributed by atoms with Gasteiger partial charge in [-0.05, 0) is 31.9 Å². The van der Waals surface area contributed by atoms with Crippen LogP contribution in [0.5, 0.6) is 0 Å². The second-order valence-electron chi connectivity index (χ2n) is 5.77. The Kier molecular flexibility index (Phi) is 3.99. The van der Waals surface area contributed by atoms with Gasteiger partial charge in [-0.1, -0.05) is 0 Å². The van der Waals surface area contributed by atoms with Crippen molar-refractivity contribution in [3.63, 3.8) is 0 Å². The molecule has 0 saturated carbocycles. The highest BCUT2D eigenvalue weighted by Crippen LogP contribution is 2.30. The van der Waals surface area contributed by atoms with Crippen molar-refractivity contribution in [3.05, 3.63) is 29.7 Å². The summed E-state index contributed by atoms with van der Waals surface area (Å²) in [6.07, 6.45) is 2.44. The molecule has 8 heteroatoms. The van der Waals surface area contributed by atoms with Crippen LogP contribution in [0.15, 0.2) is 18.3 Å². The lowest BCUT2D eigenvalue weighted by Crippen LogP contribution is -2.46. The lowest BCUT2D eigenvalue weighted by atomic mass is 9.80. The monoisotopic (exact) mass is 318 g/mol. The smallest absolute Gasteiger partial charge is 0.311 e. The van der Waals surface area contributed by atoms with Crippen LogP contribution >= 0.6 is 0 Å². The molecule has 0 spiro atoms. The maximum Gasteiger partial charge on any atom is 0.311 e. The van der Waals surface area contributed by atoms with Gasteiger partial charge >= 0.3 is 5.97 Å². The molecule has 0 unspecified atom stereocenters. The summed E-state index contributed by atoms with van der Waals surface area (Å²) < 4.78 is 6.94. The average Bonchev–Trinajstić information content (AvgIpc) is 2.94. The number of amides is 1. The first kappa shape index (κ1) is 15.4. The van der Waals surface area contributed by atoms with Crippen molar-refractivity contribution in [1.29, 1.82) is 0 Å². The van der Waals surface area contributed by atoms with E-state index in [1.54, 1.807) is 29.7 Å². The fourth-order valence-electron chi connectivity index (χ4n) is 2.72. The molecule has 2 aromatic rings. The highest BCUT2D eigenvalue weighted by molar-refractivity contribution is 5.94. The van der Waals surface area contributed by atoms with Crippen LogP contribution < -0.4 is 5.32 Å². The molecule has 1 aliphatic rings. The normalized spacial score (nSPS) is 17.1. The Labute approximate surface area is 132 Å². The molecule has 23 heavy (non-hydrogen) atoms. The quantitative estimate of drug-likeness (QED) is 0.857.